The maximum absolute atomic E-state index is 12.7. The number of piperidine rings is 1. The minimum atomic E-state index is -0.478. The molecule has 1 unspecified atom stereocenters. The van der Waals surface area contributed by atoms with Crippen molar-refractivity contribution in [1.82, 2.24) is 5.32 Å². The summed E-state index contributed by atoms with van der Waals surface area (Å²) >= 11 is 0. The number of rotatable bonds is 7. The Hall–Kier alpha value is -2.15. The van der Waals surface area contributed by atoms with E-state index in [9.17, 15) is 14.9 Å². The largest absolute Gasteiger partial charge is 0.396 e. The molecule has 2 N–H and O–H groups in total. The molecule has 0 aliphatic carbocycles. The van der Waals surface area contributed by atoms with Crippen LogP contribution in [0.2, 0.25) is 0 Å². The van der Waals surface area contributed by atoms with Crippen molar-refractivity contribution in [2.24, 2.45) is 5.92 Å². The van der Waals surface area contributed by atoms with E-state index in [-0.39, 0.29) is 24.2 Å². The van der Waals surface area contributed by atoms with Crippen LogP contribution in [-0.4, -0.2) is 41.7 Å². The third kappa shape index (κ3) is 5.16. The Labute approximate surface area is 148 Å². The maximum atomic E-state index is 12.7. The molecule has 1 aromatic carbocycles. The zero-order valence-electron chi connectivity index (χ0n) is 14.9. The van der Waals surface area contributed by atoms with Crippen molar-refractivity contribution >= 4 is 17.3 Å². The van der Waals surface area contributed by atoms with E-state index in [0.717, 1.165) is 31.6 Å². The fraction of sp³-hybridized carbons (Fsp3) is 0.611. The van der Waals surface area contributed by atoms with Gasteiger partial charge in [0.2, 0.25) is 0 Å². The van der Waals surface area contributed by atoms with Gasteiger partial charge in [-0.2, -0.15) is 0 Å². The number of benzene rings is 1. The molecule has 0 radical (unpaired) electrons. The van der Waals surface area contributed by atoms with Gasteiger partial charge in [-0.25, -0.2) is 0 Å². The number of aliphatic hydroxyl groups is 1. The Bertz CT molecular complexity index is 612. The normalized spacial score (nSPS) is 16.5. The average molecular weight is 349 g/mol. The number of amides is 1. The molecule has 0 bridgehead atoms. The molecule has 1 heterocycles. The molecule has 1 aliphatic heterocycles. The lowest BCUT2D eigenvalue weighted by Gasteiger charge is -2.33. The fourth-order valence-electron chi connectivity index (χ4n) is 3.12. The Morgan fingerprint density at radius 1 is 1.44 bits per heavy atom. The smallest absolute Gasteiger partial charge is 0.270 e. The first-order valence-electron chi connectivity index (χ1n) is 8.87. The molecule has 138 valence electrons. The van der Waals surface area contributed by atoms with Gasteiger partial charge in [0, 0.05) is 37.9 Å². The van der Waals surface area contributed by atoms with Gasteiger partial charge in [-0.1, -0.05) is 6.92 Å². The third-order valence-electron chi connectivity index (χ3n) is 4.73. The van der Waals surface area contributed by atoms with Crippen LogP contribution >= 0.6 is 0 Å². The molecule has 7 nitrogen and oxygen atoms in total. The molecule has 1 saturated heterocycles. The van der Waals surface area contributed by atoms with E-state index in [4.69, 9.17) is 5.11 Å². The minimum absolute atomic E-state index is 0.0776. The van der Waals surface area contributed by atoms with Crippen LogP contribution < -0.4 is 10.2 Å². The van der Waals surface area contributed by atoms with Crippen molar-refractivity contribution in [3.05, 3.63) is 33.9 Å². The first-order valence-corrected chi connectivity index (χ1v) is 8.87. The summed E-state index contributed by atoms with van der Waals surface area (Å²) in [6, 6.07) is 4.40. The Morgan fingerprint density at radius 3 is 2.72 bits per heavy atom. The lowest BCUT2D eigenvalue weighted by Crippen LogP contribution is -2.37. The average Bonchev–Trinajstić information content (AvgIpc) is 2.60. The highest BCUT2D eigenvalue weighted by molar-refractivity contribution is 6.00. The second-order valence-electron chi connectivity index (χ2n) is 6.87. The van der Waals surface area contributed by atoms with E-state index in [1.807, 2.05) is 6.92 Å². The van der Waals surface area contributed by atoms with Crippen molar-refractivity contribution < 1.29 is 14.8 Å². The monoisotopic (exact) mass is 349 g/mol. The van der Waals surface area contributed by atoms with Crippen molar-refractivity contribution in [2.45, 2.75) is 45.6 Å². The van der Waals surface area contributed by atoms with Gasteiger partial charge in [0.25, 0.3) is 11.6 Å². The van der Waals surface area contributed by atoms with Crippen LogP contribution in [0.5, 0.6) is 0 Å². The third-order valence-corrected chi connectivity index (χ3v) is 4.73. The summed E-state index contributed by atoms with van der Waals surface area (Å²) in [5.41, 5.74) is 1.02. The molecule has 1 aromatic rings. The highest BCUT2D eigenvalue weighted by atomic mass is 16.6. The summed E-state index contributed by atoms with van der Waals surface area (Å²) in [5, 5.41) is 22.9. The highest BCUT2D eigenvalue weighted by Crippen LogP contribution is 2.29. The Kier molecular flexibility index (Phi) is 6.75. The lowest BCUT2D eigenvalue weighted by molar-refractivity contribution is -0.384. The van der Waals surface area contributed by atoms with Crippen molar-refractivity contribution in [3.8, 4) is 0 Å². The Balaban J connectivity index is 2.24. The van der Waals surface area contributed by atoms with Gasteiger partial charge < -0.3 is 15.3 Å². The van der Waals surface area contributed by atoms with Crippen LogP contribution in [0.4, 0.5) is 11.4 Å². The molecule has 0 spiro atoms. The second kappa shape index (κ2) is 8.80. The number of nitro groups is 1. The van der Waals surface area contributed by atoms with Crippen LogP contribution in [0.3, 0.4) is 0 Å². The summed E-state index contributed by atoms with van der Waals surface area (Å²) in [5.74, 6) is 0.354. The predicted octanol–water partition coefficient (Wildman–Crippen LogP) is 2.72. The highest BCUT2D eigenvalue weighted by Gasteiger charge is 2.24. The zero-order chi connectivity index (χ0) is 18.4. The molecule has 1 fully saturated rings. The molecule has 2 rings (SSSR count). The molecule has 1 amide bonds. The molecule has 0 saturated carbocycles. The molecule has 1 aliphatic rings. The molecule has 0 aromatic heterocycles. The van der Waals surface area contributed by atoms with Crippen molar-refractivity contribution in [1.29, 1.82) is 0 Å². The van der Waals surface area contributed by atoms with E-state index >= 15 is 0 Å². The number of hydrogen-bond donors (Lipinski definition) is 2. The number of nitro benzene ring substituents is 1. The van der Waals surface area contributed by atoms with Crippen LogP contribution in [-0.2, 0) is 0 Å². The number of nitrogens with zero attached hydrogens (tertiary/aromatic N) is 2. The molecular formula is C18H27N3O4. The summed E-state index contributed by atoms with van der Waals surface area (Å²) in [4.78, 5) is 25.5. The SMILES string of the molecule is CC1CCN(c2ccc([N+](=O)[O-])cc2C(=O)NC(C)CCCO)CC1. The van der Waals surface area contributed by atoms with Gasteiger partial charge in [0.05, 0.1) is 16.2 Å². The first kappa shape index (κ1) is 19.2. The summed E-state index contributed by atoms with van der Waals surface area (Å²) < 4.78 is 0. The number of non-ortho nitro benzene ring substituents is 1. The zero-order valence-corrected chi connectivity index (χ0v) is 14.9. The minimum Gasteiger partial charge on any atom is -0.396 e. The van der Waals surface area contributed by atoms with E-state index in [0.29, 0.717) is 24.3 Å². The quantitative estimate of drug-likeness (QED) is 0.583. The maximum Gasteiger partial charge on any atom is 0.270 e. The lowest BCUT2D eigenvalue weighted by atomic mass is 9.97. The van der Waals surface area contributed by atoms with Gasteiger partial charge in [-0.15, -0.1) is 0 Å². The molecular weight excluding hydrogens is 322 g/mol. The van der Waals surface area contributed by atoms with Gasteiger partial charge in [-0.05, 0) is 44.6 Å². The predicted molar refractivity (Wildman–Crippen MR) is 97.0 cm³/mol. The fourth-order valence-corrected chi connectivity index (χ4v) is 3.12. The topological polar surface area (TPSA) is 95.7 Å². The van der Waals surface area contributed by atoms with E-state index in [2.05, 4.69) is 17.1 Å². The van der Waals surface area contributed by atoms with Crippen molar-refractivity contribution in [3.63, 3.8) is 0 Å². The van der Waals surface area contributed by atoms with Crippen LogP contribution in [0.25, 0.3) is 0 Å². The number of carbonyl (C=O) groups is 1. The van der Waals surface area contributed by atoms with Gasteiger partial charge in [0.1, 0.15) is 0 Å². The van der Waals surface area contributed by atoms with Crippen LogP contribution in [0.15, 0.2) is 18.2 Å². The molecule has 25 heavy (non-hydrogen) atoms. The standard InChI is InChI=1S/C18H27N3O4/c1-13-7-9-20(10-8-13)17-6-5-15(21(24)25)12-16(17)18(23)19-14(2)4-3-11-22/h5-6,12-14,22H,3-4,7-11H2,1-2H3,(H,19,23). The van der Waals surface area contributed by atoms with Crippen LogP contribution in [0, 0.1) is 16.0 Å². The Morgan fingerprint density at radius 2 is 2.12 bits per heavy atom. The summed E-state index contributed by atoms with van der Waals surface area (Å²) in [7, 11) is 0. The van der Waals surface area contributed by atoms with Gasteiger partial charge in [-0.3, -0.25) is 14.9 Å². The first-order chi connectivity index (χ1) is 11.9. The number of hydrogen-bond acceptors (Lipinski definition) is 5. The summed E-state index contributed by atoms with van der Waals surface area (Å²) in [6.07, 6.45) is 3.36. The molecule has 7 heteroatoms. The number of aliphatic hydroxyl groups excluding tert-OH is 1. The second-order valence-corrected chi connectivity index (χ2v) is 6.87. The van der Waals surface area contributed by atoms with Crippen molar-refractivity contribution in [2.75, 3.05) is 24.6 Å². The summed E-state index contributed by atoms with van der Waals surface area (Å²) in [6.45, 7) is 5.85. The number of anilines is 1. The van der Waals surface area contributed by atoms with E-state index < -0.39 is 4.92 Å². The van der Waals surface area contributed by atoms with E-state index in [1.54, 1.807) is 6.07 Å². The number of carbonyl (C=O) groups excluding carboxylic acids is 1. The molecule has 1 atom stereocenters. The van der Waals surface area contributed by atoms with Gasteiger partial charge >= 0.3 is 0 Å². The number of nitrogens with one attached hydrogen (secondary N) is 1. The van der Waals surface area contributed by atoms with E-state index in [1.165, 1.54) is 12.1 Å². The van der Waals surface area contributed by atoms with Gasteiger partial charge in [0.15, 0.2) is 0 Å². The van der Waals surface area contributed by atoms with Crippen LogP contribution in [0.1, 0.15) is 49.9 Å².